The minimum absolute atomic E-state index is 0.472. The lowest BCUT2D eigenvalue weighted by atomic mass is 9.53. The van der Waals surface area contributed by atoms with Crippen molar-refractivity contribution < 1.29 is 27.7 Å². The lowest BCUT2D eigenvalue weighted by Crippen LogP contribution is -2.59. The molecule has 4 bridgehead atoms. The molecule has 2 aliphatic heterocycles. The molecule has 1 aromatic carbocycles. The highest BCUT2D eigenvalue weighted by Gasteiger charge is 2.66. The number of piperazine rings is 1. The third kappa shape index (κ3) is 4.71. The van der Waals surface area contributed by atoms with Gasteiger partial charge in [-0.15, -0.1) is 0 Å². The maximum Gasteiger partial charge on any atom is 0.211 e. The van der Waals surface area contributed by atoms with Gasteiger partial charge < -0.3 is 9.47 Å². The molecular weight excluding hydrogens is 504 g/mol. The van der Waals surface area contributed by atoms with Gasteiger partial charge in [-0.1, -0.05) is 12.1 Å². The Morgan fingerprint density at radius 1 is 0.895 bits per heavy atom. The molecule has 0 atom stereocenters. The molecule has 38 heavy (non-hydrogen) atoms. The minimum atomic E-state index is -3.09. The first-order valence-corrected chi connectivity index (χ1v) is 16.6. The van der Waals surface area contributed by atoms with Crippen LogP contribution in [0.3, 0.4) is 0 Å². The molecule has 5 saturated carbocycles. The van der Waals surface area contributed by atoms with Gasteiger partial charge in [-0.3, -0.25) is 4.90 Å². The van der Waals surface area contributed by atoms with Crippen LogP contribution < -0.4 is 4.74 Å². The van der Waals surface area contributed by atoms with Crippen LogP contribution in [-0.4, -0.2) is 74.8 Å². The quantitative estimate of drug-likeness (QED) is 0.497. The van der Waals surface area contributed by atoms with Crippen molar-refractivity contribution in [2.24, 2.45) is 23.7 Å². The fraction of sp³-hybridized carbons (Fsp3) is 0.793. The molecule has 8 rings (SSSR count). The van der Waals surface area contributed by atoms with Gasteiger partial charge in [0.05, 0.1) is 6.26 Å². The second-order valence-electron chi connectivity index (χ2n) is 12.9. The third-order valence-corrected chi connectivity index (χ3v) is 11.8. The van der Waals surface area contributed by atoms with Gasteiger partial charge >= 0.3 is 0 Å². The molecule has 0 aromatic heterocycles. The molecule has 5 aliphatic carbocycles. The number of rotatable bonds is 6. The fourth-order valence-corrected chi connectivity index (χ4v) is 9.43. The highest BCUT2D eigenvalue weighted by Crippen LogP contribution is 2.64. The largest absolute Gasteiger partial charge is 0.492 e. The van der Waals surface area contributed by atoms with Crippen molar-refractivity contribution in [1.29, 1.82) is 0 Å². The molecule has 2 heterocycles. The van der Waals surface area contributed by atoms with Crippen molar-refractivity contribution in [3.63, 3.8) is 0 Å². The van der Waals surface area contributed by atoms with Crippen LogP contribution in [0.1, 0.15) is 69.3 Å². The third-order valence-electron chi connectivity index (χ3n) is 10.5. The smallest absolute Gasteiger partial charge is 0.211 e. The molecule has 9 heteroatoms. The number of sulfonamides is 1. The summed E-state index contributed by atoms with van der Waals surface area (Å²) in [5.41, 5.74) is 1.35. The lowest BCUT2D eigenvalue weighted by molar-refractivity contribution is -0.390. The molecule has 2 saturated heterocycles. The van der Waals surface area contributed by atoms with E-state index < -0.39 is 21.6 Å². The monoisotopic (exact) mass is 546 g/mol. The molecule has 1 aromatic rings. The SMILES string of the molecule is CS(=O)(=O)N1CCN(CCOc2ccc(C3CCC4(CC3)OOC3(O4)C4CC5CC(C4)CC3C5)cc2)CC1. The maximum absolute atomic E-state index is 11.7. The Morgan fingerprint density at radius 3 is 2.13 bits per heavy atom. The summed E-state index contributed by atoms with van der Waals surface area (Å²) in [6, 6.07) is 8.57. The van der Waals surface area contributed by atoms with Gasteiger partial charge in [-0.2, -0.15) is 14.1 Å². The van der Waals surface area contributed by atoms with Crippen LogP contribution >= 0.6 is 0 Å². The van der Waals surface area contributed by atoms with E-state index in [0.717, 1.165) is 62.9 Å². The topological polar surface area (TPSA) is 77.5 Å². The van der Waals surface area contributed by atoms with Crippen LogP contribution in [0.4, 0.5) is 0 Å². The van der Waals surface area contributed by atoms with Crippen molar-refractivity contribution in [2.75, 3.05) is 45.6 Å². The fourth-order valence-electron chi connectivity index (χ4n) is 8.60. The normalized spacial score (nSPS) is 41.3. The first-order valence-electron chi connectivity index (χ1n) is 14.8. The van der Waals surface area contributed by atoms with E-state index in [0.29, 0.717) is 37.5 Å². The second kappa shape index (κ2) is 9.70. The molecular formula is C29H42N2O6S. The van der Waals surface area contributed by atoms with Gasteiger partial charge in [0.15, 0.2) is 0 Å². The number of hydrogen-bond acceptors (Lipinski definition) is 7. The molecule has 8 nitrogen and oxygen atoms in total. The number of hydrogen-bond donors (Lipinski definition) is 0. The van der Waals surface area contributed by atoms with Crippen LogP contribution in [0.15, 0.2) is 24.3 Å². The Labute approximate surface area is 226 Å². The van der Waals surface area contributed by atoms with Gasteiger partial charge in [-0.25, -0.2) is 8.42 Å². The van der Waals surface area contributed by atoms with Crippen LogP contribution in [0, 0.1) is 23.7 Å². The molecule has 7 fully saturated rings. The van der Waals surface area contributed by atoms with Gasteiger partial charge in [0.1, 0.15) is 12.4 Å². The Bertz CT molecular complexity index is 1080. The number of benzene rings is 1. The summed E-state index contributed by atoms with van der Waals surface area (Å²) in [6.07, 6.45) is 11.6. The molecule has 0 N–H and O–H groups in total. The van der Waals surface area contributed by atoms with E-state index >= 15 is 0 Å². The van der Waals surface area contributed by atoms with Crippen molar-refractivity contribution in [3.8, 4) is 5.75 Å². The van der Waals surface area contributed by atoms with Crippen molar-refractivity contribution in [3.05, 3.63) is 29.8 Å². The van der Waals surface area contributed by atoms with Gasteiger partial charge in [-0.05, 0) is 80.4 Å². The van der Waals surface area contributed by atoms with E-state index in [4.69, 9.17) is 19.2 Å². The van der Waals surface area contributed by atoms with E-state index in [9.17, 15) is 8.42 Å². The summed E-state index contributed by atoms with van der Waals surface area (Å²) in [5, 5.41) is 0. The van der Waals surface area contributed by atoms with E-state index in [1.165, 1.54) is 43.9 Å². The number of ether oxygens (including phenoxy) is 2. The molecule has 0 amide bonds. The Morgan fingerprint density at radius 2 is 1.53 bits per heavy atom. The summed E-state index contributed by atoms with van der Waals surface area (Å²) in [4.78, 5) is 14.6. The Hall–Kier alpha value is -1.23. The van der Waals surface area contributed by atoms with E-state index in [-0.39, 0.29) is 0 Å². The lowest BCUT2D eigenvalue weighted by Gasteiger charge is -2.57. The van der Waals surface area contributed by atoms with Crippen LogP contribution in [0.25, 0.3) is 0 Å². The molecule has 7 aliphatic rings. The number of nitrogens with zero attached hydrogens (tertiary/aromatic N) is 2. The minimum Gasteiger partial charge on any atom is -0.492 e. The maximum atomic E-state index is 11.7. The standard InChI is InChI=1S/C29H42N2O6S/c1-38(32,33)31-12-10-30(11-13-31)14-15-34-27-4-2-23(3-5-27)24-6-8-28(9-7-24)35-29(37-36-28)25-17-21-16-22(19-25)20-26(29)18-21/h2-5,21-22,24-26H,6-20H2,1H3. The van der Waals surface area contributed by atoms with Crippen molar-refractivity contribution in [2.45, 2.75) is 75.3 Å². The zero-order valence-corrected chi connectivity index (χ0v) is 23.4. The van der Waals surface area contributed by atoms with Crippen molar-refractivity contribution >= 4 is 10.0 Å². The second-order valence-corrected chi connectivity index (χ2v) is 14.9. The zero-order valence-electron chi connectivity index (χ0n) is 22.6. The van der Waals surface area contributed by atoms with Crippen LogP contribution in [-0.2, 0) is 24.5 Å². The summed E-state index contributed by atoms with van der Waals surface area (Å²) in [6.45, 7) is 4.02. The van der Waals surface area contributed by atoms with E-state index in [1.54, 1.807) is 4.31 Å². The molecule has 0 radical (unpaired) electrons. The molecule has 2 spiro atoms. The average Bonchev–Trinajstić information content (AvgIpc) is 3.27. The molecule has 0 unspecified atom stereocenters. The van der Waals surface area contributed by atoms with Gasteiger partial charge in [0, 0.05) is 57.4 Å². The van der Waals surface area contributed by atoms with Crippen molar-refractivity contribution in [1.82, 2.24) is 9.21 Å². The Kier molecular flexibility index (Phi) is 6.57. The molecule has 210 valence electrons. The van der Waals surface area contributed by atoms with Crippen LogP contribution in [0.5, 0.6) is 5.75 Å². The highest BCUT2D eigenvalue weighted by molar-refractivity contribution is 7.88. The summed E-state index contributed by atoms with van der Waals surface area (Å²) < 4.78 is 37.8. The predicted octanol–water partition coefficient (Wildman–Crippen LogP) is 4.13. The van der Waals surface area contributed by atoms with Crippen LogP contribution in [0.2, 0.25) is 0 Å². The highest BCUT2D eigenvalue weighted by atomic mass is 32.2. The predicted molar refractivity (Wildman–Crippen MR) is 142 cm³/mol. The van der Waals surface area contributed by atoms with Gasteiger partial charge in [0.25, 0.3) is 0 Å². The average molecular weight is 547 g/mol. The first-order chi connectivity index (χ1) is 18.3. The van der Waals surface area contributed by atoms with E-state index in [1.807, 2.05) is 0 Å². The Balaban J connectivity index is 0.882. The summed E-state index contributed by atoms with van der Waals surface area (Å²) >= 11 is 0. The summed E-state index contributed by atoms with van der Waals surface area (Å²) in [7, 11) is -3.09. The van der Waals surface area contributed by atoms with Gasteiger partial charge in [0.2, 0.25) is 21.6 Å². The zero-order chi connectivity index (χ0) is 26.0. The summed E-state index contributed by atoms with van der Waals surface area (Å²) in [5.74, 6) is 3.15. The first kappa shape index (κ1) is 25.7. The van der Waals surface area contributed by atoms with E-state index in [2.05, 4.69) is 29.2 Å².